The molecule has 0 saturated carbocycles. The molecule has 2 aromatic carbocycles. The van der Waals surface area contributed by atoms with Crippen LogP contribution in [0.15, 0.2) is 59.5 Å². The van der Waals surface area contributed by atoms with Crippen molar-refractivity contribution in [3.63, 3.8) is 0 Å². The first-order chi connectivity index (χ1) is 15.5. The first-order valence-electron chi connectivity index (χ1n) is 10.3. The Hall–Kier alpha value is -3.81. The van der Waals surface area contributed by atoms with Crippen molar-refractivity contribution in [2.45, 2.75) is 26.0 Å². The Labute approximate surface area is 186 Å². The number of aromatic nitrogens is 2. The molecule has 166 valence electrons. The van der Waals surface area contributed by atoms with Gasteiger partial charge in [-0.05, 0) is 36.6 Å². The van der Waals surface area contributed by atoms with Crippen molar-refractivity contribution in [3.05, 3.63) is 76.2 Å². The van der Waals surface area contributed by atoms with Gasteiger partial charge in [-0.25, -0.2) is 4.68 Å². The maximum Gasteiger partial charge on any atom is 0.294 e. The van der Waals surface area contributed by atoms with E-state index < -0.39 is 6.10 Å². The topological polar surface area (TPSA) is 82.9 Å². The number of carbonyl (C=O) groups is 1. The lowest BCUT2D eigenvalue weighted by molar-refractivity contribution is -0.125. The highest BCUT2D eigenvalue weighted by Gasteiger charge is 2.34. The van der Waals surface area contributed by atoms with Crippen LogP contribution in [-0.2, 0) is 17.8 Å². The number of fused-ring (bicyclic) bond motifs is 1. The number of ether oxygens (including phenoxy) is 3. The molecule has 1 aromatic heterocycles. The molecule has 0 fully saturated rings. The molecule has 1 aliphatic rings. The van der Waals surface area contributed by atoms with Crippen molar-refractivity contribution < 1.29 is 19.0 Å². The van der Waals surface area contributed by atoms with Crippen molar-refractivity contribution in [1.82, 2.24) is 9.78 Å². The van der Waals surface area contributed by atoms with Gasteiger partial charge in [0.05, 0.1) is 27.0 Å². The van der Waals surface area contributed by atoms with Crippen LogP contribution in [0.3, 0.4) is 0 Å². The summed E-state index contributed by atoms with van der Waals surface area (Å²) in [5.74, 6) is 1.31. The van der Waals surface area contributed by atoms with Crippen molar-refractivity contribution in [2.24, 2.45) is 0 Å². The first kappa shape index (κ1) is 21.4. The van der Waals surface area contributed by atoms with Gasteiger partial charge in [0.1, 0.15) is 0 Å². The largest absolute Gasteiger partial charge is 0.493 e. The standard InChI is InChI=1S/C24H25N3O5/c1-16-23(28)26(12-11-17-9-10-19(30-2)20(13-17)31-3)22-21(32-16)14-25-27(24(22)29)15-18-7-5-4-6-8-18/h4-10,13-14,16H,11-12,15H2,1-3H3. The number of carbonyl (C=O) groups excluding carboxylic acids is 1. The minimum Gasteiger partial charge on any atom is -0.493 e. The van der Waals surface area contributed by atoms with E-state index in [0.717, 1.165) is 11.1 Å². The number of amides is 1. The van der Waals surface area contributed by atoms with E-state index in [-0.39, 0.29) is 17.2 Å². The molecule has 32 heavy (non-hydrogen) atoms. The second-order valence-corrected chi connectivity index (χ2v) is 7.50. The summed E-state index contributed by atoms with van der Waals surface area (Å²) in [6.07, 6.45) is 1.34. The van der Waals surface area contributed by atoms with E-state index in [1.807, 2.05) is 48.5 Å². The van der Waals surface area contributed by atoms with Crippen LogP contribution in [0.5, 0.6) is 17.2 Å². The number of methoxy groups -OCH3 is 2. The summed E-state index contributed by atoms with van der Waals surface area (Å²) in [5, 5.41) is 4.25. The minimum atomic E-state index is -0.695. The smallest absolute Gasteiger partial charge is 0.294 e. The summed E-state index contributed by atoms with van der Waals surface area (Å²) in [4.78, 5) is 27.7. The maximum absolute atomic E-state index is 13.3. The molecule has 0 aliphatic carbocycles. The fourth-order valence-electron chi connectivity index (χ4n) is 3.74. The lowest BCUT2D eigenvalue weighted by Gasteiger charge is -2.32. The Kier molecular flexibility index (Phi) is 6.11. The third kappa shape index (κ3) is 4.16. The number of benzene rings is 2. The van der Waals surface area contributed by atoms with Gasteiger partial charge < -0.3 is 19.1 Å². The molecule has 1 aliphatic heterocycles. The Bertz CT molecular complexity index is 1180. The Morgan fingerprint density at radius 3 is 2.47 bits per heavy atom. The first-order valence-corrected chi connectivity index (χ1v) is 10.3. The second kappa shape index (κ2) is 9.13. The van der Waals surface area contributed by atoms with E-state index in [2.05, 4.69) is 5.10 Å². The summed E-state index contributed by atoms with van der Waals surface area (Å²) in [6.45, 7) is 2.30. The van der Waals surface area contributed by atoms with Crippen LogP contribution in [0, 0.1) is 0 Å². The van der Waals surface area contributed by atoms with Crippen LogP contribution in [0.1, 0.15) is 18.1 Å². The van der Waals surface area contributed by atoms with Crippen LogP contribution in [0.25, 0.3) is 0 Å². The van der Waals surface area contributed by atoms with Crippen LogP contribution in [0.4, 0.5) is 5.69 Å². The molecule has 0 radical (unpaired) electrons. The zero-order valence-corrected chi connectivity index (χ0v) is 18.3. The Balaban J connectivity index is 1.64. The summed E-state index contributed by atoms with van der Waals surface area (Å²) < 4.78 is 17.7. The maximum atomic E-state index is 13.3. The summed E-state index contributed by atoms with van der Waals surface area (Å²) in [5.41, 5.74) is 1.75. The minimum absolute atomic E-state index is 0.222. The van der Waals surface area contributed by atoms with Crippen molar-refractivity contribution >= 4 is 11.6 Å². The number of nitrogens with zero attached hydrogens (tertiary/aromatic N) is 3. The monoisotopic (exact) mass is 435 g/mol. The second-order valence-electron chi connectivity index (χ2n) is 7.50. The van der Waals surface area contributed by atoms with Crippen LogP contribution < -0.4 is 24.7 Å². The Morgan fingerprint density at radius 2 is 1.75 bits per heavy atom. The van der Waals surface area contributed by atoms with E-state index in [1.54, 1.807) is 21.1 Å². The summed E-state index contributed by atoms with van der Waals surface area (Å²) in [7, 11) is 3.16. The number of hydrogen-bond donors (Lipinski definition) is 0. The van der Waals surface area contributed by atoms with E-state index in [1.165, 1.54) is 15.8 Å². The SMILES string of the molecule is COc1ccc(CCN2C(=O)C(C)Oc3cnn(Cc4ccccc4)c(=O)c32)cc1OC. The quantitative estimate of drug-likeness (QED) is 0.568. The number of rotatable bonds is 7. The molecule has 4 rings (SSSR count). The lowest BCUT2D eigenvalue weighted by Crippen LogP contribution is -2.49. The van der Waals surface area contributed by atoms with E-state index >= 15 is 0 Å². The Morgan fingerprint density at radius 1 is 1.00 bits per heavy atom. The van der Waals surface area contributed by atoms with Gasteiger partial charge in [0, 0.05) is 6.54 Å². The van der Waals surface area contributed by atoms with Gasteiger partial charge in [-0.15, -0.1) is 0 Å². The molecule has 1 amide bonds. The van der Waals surface area contributed by atoms with Gasteiger partial charge in [0.25, 0.3) is 11.5 Å². The third-order valence-corrected chi connectivity index (χ3v) is 5.42. The third-order valence-electron chi connectivity index (χ3n) is 5.42. The molecule has 8 nitrogen and oxygen atoms in total. The van der Waals surface area contributed by atoms with E-state index in [0.29, 0.717) is 36.8 Å². The van der Waals surface area contributed by atoms with Crippen molar-refractivity contribution in [3.8, 4) is 17.2 Å². The van der Waals surface area contributed by atoms with Crippen LogP contribution in [0.2, 0.25) is 0 Å². The van der Waals surface area contributed by atoms with Crippen LogP contribution in [-0.4, -0.2) is 42.6 Å². The predicted molar refractivity (Wildman–Crippen MR) is 120 cm³/mol. The van der Waals surface area contributed by atoms with E-state index in [4.69, 9.17) is 14.2 Å². The van der Waals surface area contributed by atoms with Gasteiger partial charge in [-0.2, -0.15) is 5.10 Å². The molecular formula is C24H25N3O5. The van der Waals surface area contributed by atoms with Gasteiger partial charge in [0.2, 0.25) is 0 Å². The summed E-state index contributed by atoms with van der Waals surface area (Å²) >= 11 is 0. The van der Waals surface area contributed by atoms with Crippen molar-refractivity contribution in [2.75, 3.05) is 25.7 Å². The van der Waals surface area contributed by atoms with Gasteiger partial charge in [-0.3, -0.25) is 9.59 Å². The van der Waals surface area contributed by atoms with Crippen molar-refractivity contribution in [1.29, 1.82) is 0 Å². The normalized spacial score (nSPS) is 15.2. The number of anilines is 1. The molecular weight excluding hydrogens is 410 g/mol. The molecule has 3 aromatic rings. The highest BCUT2D eigenvalue weighted by Crippen LogP contribution is 2.31. The molecule has 0 N–H and O–H groups in total. The van der Waals surface area contributed by atoms with E-state index in [9.17, 15) is 9.59 Å². The molecule has 1 atom stereocenters. The predicted octanol–water partition coefficient (Wildman–Crippen LogP) is 2.67. The lowest BCUT2D eigenvalue weighted by atomic mass is 10.1. The summed E-state index contributed by atoms with van der Waals surface area (Å²) in [6, 6.07) is 15.2. The zero-order chi connectivity index (χ0) is 22.7. The molecule has 1 unspecified atom stereocenters. The van der Waals surface area contributed by atoms with Gasteiger partial charge in [0.15, 0.2) is 29.0 Å². The van der Waals surface area contributed by atoms with Gasteiger partial charge in [-0.1, -0.05) is 36.4 Å². The van der Waals surface area contributed by atoms with Crippen LogP contribution >= 0.6 is 0 Å². The fraction of sp³-hybridized carbons (Fsp3) is 0.292. The highest BCUT2D eigenvalue weighted by atomic mass is 16.5. The molecule has 2 heterocycles. The molecule has 8 heteroatoms. The fourth-order valence-corrected chi connectivity index (χ4v) is 3.74. The molecule has 0 saturated heterocycles. The number of hydrogen-bond acceptors (Lipinski definition) is 6. The van der Waals surface area contributed by atoms with Gasteiger partial charge >= 0.3 is 0 Å². The zero-order valence-electron chi connectivity index (χ0n) is 18.3. The average molecular weight is 435 g/mol. The molecule has 0 spiro atoms. The average Bonchev–Trinajstić information content (AvgIpc) is 2.82. The molecule has 0 bridgehead atoms. The highest BCUT2D eigenvalue weighted by molar-refractivity contribution is 5.99.